The summed E-state index contributed by atoms with van der Waals surface area (Å²) in [6.07, 6.45) is 2.58. The number of carboxylic acids is 1. The number of aryl methyl sites for hydroxylation is 2. The zero-order valence-electron chi connectivity index (χ0n) is 11.2. The van der Waals surface area contributed by atoms with E-state index in [2.05, 4.69) is 4.98 Å². The SMILES string of the molecule is Cc1nc(C)c(CC(=O)N2CCCC[C@@H]2C(=O)O)s1. The summed E-state index contributed by atoms with van der Waals surface area (Å²) in [6, 6.07) is -0.657. The Labute approximate surface area is 116 Å². The van der Waals surface area contributed by atoms with Crippen LogP contribution >= 0.6 is 11.3 Å². The van der Waals surface area contributed by atoms with E-state index in [1.807, 2.05) is 13.8 Å². The number of piperidine rings is 1. The zero-order valence-corrected chi connectivity index (χ0v) is 12.0. The third kappa shape index (κ3) is 3.12. The molecule has 5 nitrogen and oxygen atoms in total. The van der Waals surface area contributed by atoms with E-state index in [1.165, 1.54) is 16.2 Å². The minimum absolute atomic E-state index is 0.0983. The number of nitrogens with zero attached hydrogens (tertiary/aromatic N) is 2. The lowest BCUT2D eigenvalue weighted by Gasteiger charge is -2.32. The first-order valence-corrected chi connectivity index (χ1v) is 7.26. The summed E-state index contributed by atoms with van der Waals surface area (Å²) >= 11 is 1.51. The molecule has 2 heterocycles. The normalized spacial score (nSPS) is 19.5. The Morgan fingerprint density at radius 3 is 2.74 bits per heavy atom. The molecule has 1 aliphatic rings. The highest BCUT2D eigenvalue weighted by Crippen LogP contribution is 2.22. The monoisotopic (exact) mass is 282 g/mol. The van der Waals surface area contributed by atoms with E-state index < -0.39 is 12.0 Å². The maximum Gasteiger partial charge on any atom is 0.326 e. The van der Waals surface area contributed by atoms with Crippen molar-refractivity contribution >= 4 is 23.2 Å². The van der Waals surface area contributed by atoms with Crippen LogP contribution in [0.15, 0.2) is 0 Å². The van der Waals surface area contributed by atoms with Gasteiger partial charge in [-0.25, -0.2) is 9.78 Å². The van der Waals surface area contributed by atoms with E-state index in [4.69, 9.17) is 0 Å². The predicted octanol–water partition coefficient (Wildman–Crippen LogP) is 1.77. The number of aromatic nitrogens is 1. The van der Waals surface area contributed by atoms with Gasteiger partial charge >= 0.3 is 5.97 Å². The molecule has 2 rings (SSSR count). The van der Waals surface area contributed by atoms with Gasteiger partial charge in [-0.05, 0) is 33.1 Å². The van der Waals surface area contributed by atoms with E-state index in [1.54, 1.807) is 0 Å². The third-order valence-corrected chi connectivity index (χ3v) is 4.49. The molecule has 1 saturated heterocycles. The van der Waals surface area contributed by atoms with Gasteiger partial charge in [0.05, 0.1) is 17.1 Å². The van der Waals surface area contributed by atoms with Gasteiger partial charge in [-0.1, -0.05) is 0 Å². The van der Waals surface area contributed by atoms with Gasteiger partial charge < -0.3 is 10.0 Å². The fourth-order valence-electron chi connectivity index (χ4n) is 2.46. The molecule has 0 bridgehead atoms. The Balaban J connectivity index is 2.09. The molecule has 0 radical (unpaired) electrons. The number of rotatable bonds is 3. The third-order valence-electron chi connectivity index (χ3n) is 3.42. The Morgan fingerprint density at radius 1 is 1.42 bits per heavy atom. The molecule has 1 atom stereocenters. The van der Waals surface area contributed by atoms with Crippen LogP contribution in [-0.2, 0) is 16.0 Å². The van der Waals surface area contributed by atoms with Crippen LogP contribution in [-0.4, -0.2) is 39.5 Å². The molecule has 104 valence electrons. The van der Waals surface area contributed by atoms with Crippen LogP contribution in [0.3, 0.4) is 0 Å². The Morgan fingerprint density at radius 2 is 2.16 bits per heavy atom. The molecule has 19 heavy (non-hydrogen) atoms. The second kappa shape index (κ2) is 5.69. The van der Waals surface area contributed by atoms with Crippen molar-refractivity contribution in [2.24, 2.45) is 0 Å². The topological polar surface area (TPSA) is 70.5 Å². The van der Waals surface area contributed by atoms with Gasteiger partial charge in [0.25, 0.3) is 0 Å². The van der Waals surface area contributed by atoms with Crippen molar-refractivity contribution in [2.45, 2.75) is 45.6 Å². The molecule has 0 spiro atoms. The van der Waals surface area contributed by atoms with Gasteiger partial charge in [0, 0.05) is 11.4 Å². The summed E-state index contributed by atoms with van der Waals surface area (Å²) in [5.41, 5.74) is 0.875. The molecule has 0 unspecified atom stereocenters. The number of thiazole rings is 1. The molecule has 1 fully saturated rings. The smallest absolute Gasteiger partial charge is 0.326 e. The highest BCUT2D eigenvalue weighted by Gasteiger charge is 2.32. The van der Waals surface area contributed by atoms with Gasteiger partial charge in [-0.3, -0.25) is 4.79 Å². The number of hydrogen-bond acceptors (Lipinski definition) is 4. The second-order valence-electron chi connectivity index (χ2n) is 4.86. The molecule has 1 aromatic heterocycles. The summed E-state index contributed by atoms with van der Waals surface area (Å²) in [4.78, 5) is 30.2. The van der Waals surface area contributed by atoms with Crippen LogP contribution in [0.1, 0.15) is 34.8 Å². The molecule has 1 aromatic rings. The van der Waals surface area contributed by atoms with Crippen molar-refractivity contribution in [2.75, 3.05) is 6.54 Å². The number of carbonyl (C=O) groups is 2. The average Bonchev–Trinajstić information content (AvgIpc) is 2.67. The molecule has 1 amide bonds. The van der Waals surface area contributed by atoms with Crippen LogP contribution in [0, 0.1) is 13.8 Å². The van der Waals surface area contributed by atoms with Crippen LogP contribution in [0.25, 0.3) is 0 Å². The molecule has 0 saturated carbocycles. The van der Waals surface area contributed by atoms with Gasteiger partial charge in [0.2, 0.25) is 5.91 Å². The Hall–Kier alpha value is -1.43. The maximum atomic E-state index is 12.3. The van der Waals surface area contributed by atoms with Crippen molar-refractivity contribution < 1.29 is 14.7 Å². The van der Waals surface area contributed by atoms with Crippen molar-refractivity contribution in [3.05, 3.63) is 15.6 Å². The number of amides is 1. The number of carboxylic acid groups (broad SMARTS) is 1. The first-order valence-electron chi connectivity index (χ1n) is 6.44. The van der Waals surface area contributed by atoms with Crippen LogP contribution in [0.2, 0.25) is 0 Å². The van der Waals surface area contributed by atoms with E-state index in [9.17, 15) is 14.7 Å². The Kier molecular flexibility index (Phi) is 4.19. The molecular formula is C13H18N2O3S. The molecular weight excluding hydrogens is 264 g/mol. The van der Waals surface area contributed by atoms with Gasteiger partial charge in [0.1, 0.15) is 6.04 Å². The van der Waals surface area contributed by atoms with E-state index >= 15 is 0 Å². The largest absolute Gasteiger partial charge is 0.480 e. The predicted molar refractivity (Wildman–Crippen MR) is 72.3 cm³/mol. The van der Waals surface area contributed by atoms with Gasteiger partial charge in [-0.2, -0.15) is 0 Å². The summed E-state index contributed by atoms with van der Waals surface area (Å²) in [7, 11) is 0. The van der Waals surface area contributed by atoms with Crippen LogP contribution in [0.4, 0.5) is 0 Å². The standard InChI is InChI=1S/C13H18N2O3S/c1-8-11(19-9(2)14-8)7-12(16)15-6-4-3-5-10(15)13(17)18/h10H,3-7H2,1-2H3,(H,17,18)/t10-/m1/s1. The quantitative estimate of drug-likeness (QED) is 0.917. The molecule has 0 aliphatic carbocycles. The van der Waals surface area contributed by atoms with E-state index in [0.717, 1.165) is 28.4 Å². The minimum atomic E-state index is -0.898. The van der Waals surface area contributed by atoms with Crippen LogP contribution in [0.5, 0.6) is 0 Å². The summed E-state index contributed by atoms with van der Waals surface area (Å²) in [5, 5.41) is 10.1. The first-order chi connectivity index (χ1) is 8.99. The Bertz CT molecular complexity index is 498. The van der Waals surface area contributed by atoms with E-state index in [-0.39, 0.29) is 12.3 Å². The minimum Gasteiger partial charge on any atom is -0.480 e. The van der Waals surface area contributed by atoms with E-state index in [0.29, 0.717) is 13.0 Å². The molecule has 0 aromatic carbocycles. The van der Waals surface area contributed by atoms with Crippen molar-refractivity contribution in [1.29, 1.82) is 0 Å². The second-order valence-corrected chi connectivity index (χ2v) is 6.14. The van der Waals surface area contributed by atoms with Gasteiger partial charge in [-0.15, -0.1) is 11.3 Å². The highest BCUT2D eigenvalue weighted by molar-refractivity contribution is 7.11. The number of aliphatic carboxylic acids is 1. The van der Waals surface area contributed by atoms with Crippen molar-refractivity contribution in [1.82, 2.24) is 9.88 Å². The molecule has 1 N–H and O–H groups in total. The molecule has 6 heteroatoms. The summed E-state index contributed by atoms with van der Waals surface area (Å²) in [6.45, 7) is 4.34. The fraction of sp³-hybridized carbons (Fsp3) is 0.615. The lowest BCUT2D eigenvalue weighted by Crippen LogP contribution is -2.48. The van der Waals surface area contributed by atoms with Crippen LogP contribution < -0.4 is 0 Å². The number of likely N-dealkylation sites (tertiary alicyclic amines) is 1. The summed E-state index contributed by atoms with van der Waals surface area (Å²) in [5.74, 6) is -0.996. The van der Waals surface area contributed by atoms with Crippen molar-refractivity contribution in [3.63, 3.8) is 0 Å². The lowest BCUT2D eigenvalue weighted by atomic mass is 10.0. The zero-order chi connectivity index (χ0) is 14.0. The van der Waals surface area contributed by atoms with Gasteiger partial charge in [0.15, 0.2) is 0 Å². The lowest BCUT2D eigenvalue weighted by molar-refractivity contribution is -0.151. The number of carbonyl (C=O) groups excluding carboxylic acids is 1. The highest BCUT2D eigenvalue weighted by atomic mass is 32.1. The number of hydrogen-bond donors (Lipinski definition) is 1. The first kappa shape index (κ1) is 14.0. The van der Waals surface area contributed by atoms with Crippen molar-refractivity contribution in [3.8, 4) is 0 Å². The fourth-order valence-corrected chi connectivity index (χ4v) is 3.39. The summed E-state index contributed by atoms with van der Waals surface area (Å²) < 4.78 is 0. The maximum absolute atomic E-state index is 12.3. The molecule has 1 aliphatic heterocycles. The average molecular weight is 282 g/mol.